The molecule has 1 aromatic carbocycles. The van der Waals surface area contributed by atoms with Crippen molar-refractivity contribution in [2.75, 3.05) is 0 Å². The van der Waals surface area contributed by atoms with Crippen LogP contribution in [0.15, 0.2) is 41.3 Å². The second-order valence-corrected chi connectivity index (χ2v) is 9.18. The fourth-order valence-electron chi connectivity index (χ4n) is 3.75. The third kappa shape index (κ3) is 3.22. The predicted molar refractivity (Wildman–Crippen MR) is 96.9 cm³/mol. The van der Waals surface area contributed by atoms with Crippen molar-refractivity contribution in [3.8, 4) is 10.4 Å². The van der Waals surface area contributed by atoms with E-state index >= 15 is 0 Å². The first-order chi connectivity index (χ1) is 11.9. The Kier molecular flexibility index (Phi) is 4.15. The number of sulfonamides is 1. The van der Waals surface area contributed by atoms with Crippen molar-refractivity contribution in [1.29, 1.82) is 0 Å². The molecule has 3 heterocycles. The smallest absolute Gasteiger partial charge is 0.261 e. The molecule has 132 valence electrons. The fourth-order valence-corrected chi connectivity index (χ4v) is 5.51. The van der Waals surface area contributed by atoms with Crippen LogP contribution in [0, 0.1) is 0 Å². The van der Waals surface area contributed by atoms with E-state index in [1.165, 1.54) is 23.8 Å². The number of nitrogens with two attached hydrogens (primary N) is 1. The first kappa shape index (κ1) is 16.7. The van der Waals surface area contributed by atoms with E-state index in [0.29, 0.717) is 27.4 Å². The Balaban J connectivity index is 1.56. The number of nitrogens with one attached hydrogen (secondary N) is 2. The van der Waals surface area contributed by atoms with E-state index in [1.54, 1.807) is 30.3 Å². The molecule has 2 aliphatic heterocycles. The monoisotopic (exact) mass is 377 g/mol. The second kappa shape index (κ2) is 6.21. The Labute approximate surface area is 150 Å². The van der Waals surface area contributed by atoms with Crippen molar-refractivity contribution in [3.05, 3.63) is 41.3 Å². The lowest BCUT2D eigenvalue weighted by Gasteiger charge is -2.21. The zero-order valence-electron chi connectivity index (χ0n) is 13.4. The lowest BCUT2D eigenvalue weighted by Crippen LogP contribution is -2.42. The molecular weight excluding hydrogens is 358 g/mol. The second-order valence-electron chi connectivity index (χ2n) is 6.57. The number of amides is 1. The molecule has 1 aromatic heterocycles. The molecule has 2 saturated heterocycles. The van der Waals surface area contributed by atoms with Crippen LogP contribution < -0.4 is 15.8 Å². The van der Waals surface area contributed by atoms with Crippen LogP contribution in [0.5, 0.6) is 0 Å². The number of benzene rings is 1. The molecule has 4 rings (SSSR count). The van der Waals surface area contributed by atoms with Gasteiger partial charge in [0.15, 0.2) is 0 Å². The van der Waals surface area contributed by atoms with E-state index in [2.05, 4.69) is 10.6 Å². The summed E-state index contributed by atoms with van der Waals surface area (Å²) >= 11 is 1.28. The molecule has 0 radical (unpaired) electrons. The number of carbonyl (C=O) groups excluding carboxylic acids is 1. The average molecular weight is 377 g/mol. The summed E-state index contributed by atoms with van der Waals surface area (Å²) in [7, 11) is -3.82. The van der Waals surface area contributed by atoms with Gasteiger partial charge in [-0.25, -0.2) is 13.6 Å². The van der Waals surface area contributed by atoms with Gasteiger partial charge in [-0.1, -0.05) is 18.2 Å². The Morgan fingerprint density at radius 3 is 2.68 bits per heavy atom. The molecule has 2 fully saturated rings. The van der Waals surface area contributed by atoms with Crippen LogP contribution >= 0.6 is 11.3 Å². The van der Waals surface area contributed by atoms with Gasteiger partial charge in [-0.05, 0) is 37.5 Å². The summed E-state index contributed by atoms with van der Waals surface area (Å²) < 4.78 is 23.5. The van der Waals surface area contributed by atoms with Crippen LogP contribution in [-0.4, -0.2) is 32.5 Å². The van der Waals surface area contributed by atoms with Gasteiger partial charge in [-0.15, -0.1) is 11.3 Å². The highest BCUT2D eigenvalue weighted by atomic mass is 32.2. The zero-order valence-corrected chi connectivity index (χ0v) is 15.1. The molecule has 4 N–H and O–H groups in total. The van der Waals surface area contributed by atoms with Gasteiger partial charge in [-0.2, -0.15) is 0 Å². The van der Waals surface area contributed by atoms with Crippen molar-refractivity contribution in [3.63, 3.8) is 0 Å². The summed E-state index contributed by atoms with van der Waals surface area (Å²) in [6.45, 7) is 0. The number of fused-ring (bicyclic) bond motifs is 2. The number of thiophene rings is 1. The third-order valence-corrected chi connectivity index (χ3v) is 6.99. The summed E-state index contributed by atoms with van der Waals surface area (Å²) in [5.74, 6) is -0.108. The molecule has 0 aliphatic carbocycles. The lowest BCUT2D eigenvalue weighted by atomic mass is 9.95. The largest absolute Gasteiger partial charge is 0.347 e. The van der Waals surface area contributed by atoms with Crippen molar-refractivity contribution < 1.29 is 13.2 Å². The van der Waals surface area contributed by atoms with E-state index in [-0.39, 0.29) is 16.8 Å². The highest BCUT2D eigenvalue weighted by molar-refractivity contribution is 7.89. The van der Waals surface area contributed by atoms with E-state index in [4.69, 9.17) is 5.14 Å². The van der Waals surface area contributed by atoms with E-state index in [1.807, 2.05) is 0 Å². The number of primary sulfonamides is 1. The van der Waals surface area contributed by atoms with Crippen LogP contribution in [0.25, 0.3) is 10.4 Å². The molecule has 1 amide bonds. The van der Waals surface area contributed by atoms with Gasteiger partial charge >= 0.3 is 0 Å². The molecule has 2 bridgehead atoms. The number of hydrogen-bond donors (Lipinski definition) is 3. The first-order valence-electron chi connectivity index (χ1n) is 8.21. The molecule has 0 spiro atoms. The molecule has 0 unspecified atom stereocenters. The van der Waals surface area contributed by atoms with E-state index in [9.17, 15) is 13.2 Å². The molecule has 8 heteroatoms. The molecule has 2 aromatic rings. The SMILES string of the molecule is NS(=O)(=O)c1ccccc1-c1ccc(C(=O)N[C@@H]2C[C@@H]3CC[C@@H]2N3)s1. The van der Waals surface area contributed by atoms with E-state index in [0.717, 1.165) is 12.8 Å². The Hall–Kier alpha value is -1.74. The predicted octanol–water partition coefficient (Wildman–Crippen LogP) is 1.69. The Morgan fingerprint density at radius 1 is 1.20 bits per heavy atom. The lowest BCUT2D eigenvalue weighted by molar-refractivity contribution is 0.0935. The molecule has 6 nitrogen and oxygen atoms in total. The van der Waals surface area contributed by atoms with Crippen LogP contribution in [0.3, 0.4) is 0 Å². The van der Waals surface area contributed by atoms with Crippen LogP contribution in [0.4, 0.5) is 0 Å². The van der Waals surface area contributed by atoms with Crippen molar-refractivity contribution in [1.82, 2.24) is 10.6 Å². The van der Waals surface area contributed by atoms with Gasteiger partial charge in [0, 0.05) is 28.6 Å². The molecule has 2 aliphatic rings. The summed E-state index contributed by atoms with van der Waals surface area (Å²) in [6, 6.07) is 11.1. The maximum Gasteiger partial charge on any atom is 0.261 e. The molecule has 25 heavy (non-hydrogen) atoms. The fraction of sp³-hybridized carbons (Fsp3) is 0.353. The Morgan fingerprint density at radius 2 is 2.00 bits per heavy atom. The number of rotatable bonds is 4. The van der Waals surface area contributed by atoms with Crippen LogP contribution in [0.2, 0.25) is 0 Å². The topological polar surface area (TPSA) is 101 Å². The minimum absolute atomic E-state index is 0.0705. The van der Waals surface area contributed by atoms with Crippen molar-refractivity contribution in [2.24, 2.45) is 5.14 Å². The molecular formula is C17H19N3O3S2. The first-order valence-corrected chi connectivity index (χ1v) is 10.6. The number of carbonyl (C=O) groups is 1. The maximum absolute atomic E-state index is 12.5. The van der Waals surface area contributed by atoms with Crippen molar-refractivity contribution >= 4 is 27.3 Å². The number of hydrogen-bond acceptors (Lipinski definition) is 5. The van der Waals surface area contributed by atoms with Gasteiger partial charge in [0.1, 0.15) is 0 Å². The quantitative estimate of drug-likeness (QED) is 0.754. The summed E-state index contributed by atoms with van der Waals surface area (Å²) in [5, 5.41) is 11.9. The molecule has 3 atom stereocenters. The zero-order chi connectivity index (χ0) is 17.6. The van der Waals surface area contributed by atoms with Crippen molar-refractivity contribution in [2.45, 2.75) is 42.3 Å². The van der Waals surface area contributed by atoms with Crippen LogP contribution in [-0.2, 0) is 10.0 Å². The summed E-state index contributed by atoms with van der Waals surface area (Å²) in [5.41, 5.74) is 0.524. The minimum Gasteiger partial charge on any atom is -0.347 e. The van der Waals surface area contributed by atoms with Gasteiger partial charge in [0.2, 0.25) is 10.0 Å². The van der Waals surface area contributed by atoms with Gasteiger partial charge in [-0.3, -0.25) is 4.79 Å². The van der Waals surface area contributed by atoms with Gasteiger partial charge in [0.05, 0.1) is 9.77 Å². The van der Waals surface area contributed by atoms with Gasteiger partial charge in [0.25, 0.3) is 5.91 Å². The average Bonchev–Trinajstić information content (AvgIpc) is 3.30. The maximum atomic E-state index is 12.5. The summed E-state index contributed by atoms with van der Waals surface area (Å²) in [6.07, 6.45) is 3.26. The van der Waals surface area contributed by atoms with E-state index < -0.39 is 10.0 Å². The highest BCUT2D eigenvalue weighted by Crippen LogP contribution is 2.33. The standard InChI is InChI=1S/C17H19N3O3S2/c18-25(22,23)16-4-2-1-3-11(16)14-7-8-15(24-14)17(21)20-13-9-10-5-6-12(13)19-10/h1-4,7-8,10,12-13,19H,5-6,9H2,(H,20,21)(H2,18,22,23)/t10-,12-,13+/m0/s1. The minimum atomic E-state index is -3.82. The van der Waals surface area contributed by atoms with Gasteiger partial charge < -0.3 is 10.6 Å². The third-order valence-electron chi connectivity index (χ3n) is 4.91. The summed E-state index contributed by atoms with van der Waals surface area (Å²) in [4.78, 5) is 13.9. The normalized spacial score (nSPS) is 25.2. The molecule has 0 saturated carbocycles. The Bertz CT molecular complexity index is 923. The highest BCUT2D eigenvalue weighted by Gasteiger charge is 2.39. The van der Waals surface area contributed by atoms with Crippen LogP contribution in [0.1, 0.15) is 28.9 Å².